The van der Waals surface area contributed by atoms with Crippen molar-refractivity contribution in [2.45, 2.75) is 38.2 Å². The molecule has 33 heavy (non-hydrogen) atoms. The third kappa shape index (κ3) is 10.8. The Morgan fingerprint density at radius 1 is 1.03 bits per heavy atom. The molecule has 0 fully saturated rings. The van der Waals surface area contributed by atoms with Crippen LogP contribution in [0.1, 0.15) is 11.4 Å². The van der Waals surface area contributed by atoms with Crippen molar-refractivity contribution in [1.29, 1.82) is 0 Å². The monoisotopic (exact) mass is 485 g/mol. The van der Waals surface area contributed by atoms with Crippen LogP contribution < -0.4 is 0 Å². The maximum atomic E-state index is 10.6. The number of fused-ring (bicyclic) bond motifs is 1. The lowest BCUT2D eigenvalue weighted by atomic mass is 10.3. The van der Waals surface area contributed by atoms with E-state index < -0.39 is 24.3 Å². The molecule has 0 amide bonds. The maximum absolute atomic E-state index is 10.6. The Bertz CT molecular complexity index is 862. The fourth-order valence-electron chi connectivity index (χ4n) is 2.53. The van der Waals surface area contributed by atoms with Gasteiger partial charge in [-0.2, -0.15) is 26.3 Å². The number of pyridine rings is 1. The van der Waals surface area contributed by atoms with Crippen LogP contribution >= 0.6 is 0 Å². The SMILES string of the molecule is CN1Cc2cccn2CC(OCc2ccccn2)C1.O=C(O)C(F)(F)F.O=C(O)C(F)(F)F. The average molecular weight is 485 g/mol. The maximum Gasteiger partial charge on any atom is 0.490 e. The van der Waals surface area contributed by atoms with Crippen molar-refractivity contribution in [3.8, 4) is 0 Å². The van der Waals surface area contributed by atoms with Gasteiger partial charge in [0.2, 0.25) is 0 Å². The molecule has 0 bridgehead atoms. The first-order valence-corrected chi connectivity index (χ1v) is 9.14. The summed E-state index contributed by atoms with van der Waals surface area (Å²) in [5, 5.41) is 14.2. The van der Waals surface area contributed by atoms with Gasteiger partial charge in [0.05, 0.1) is 18.4 Å². The lowest BCUT2D eigenvalue weighted by Gasteiger charge is -2.20. The van der Waals surface area contributed by atoms with Crippen LogP contribution in [-0.4, -0.2) is 68.7 Å². The highest BCUT2D eigenvalue weighted by Crippen LogP contribution is 2.15. The van der Waals surface area contributed by atoms with Crippen LogP contribution in [0.15, 0.2) is 42.7 Å². The lowest BCUT2D eigenvalue weighted by Crippen LogP contribution is -2.30. The van der Waals surface area contributed by atoms with Crippen LogP contribution in [0, 0.1) is 0 Å². The van der Waals surface area contributed by atoms with E-state index in [-0.39, 0.29) is 6.10 Å². The molecule has 1 aliphatic rings. The third-order valence-electron chi connectivity index (χ3n) is 3.95. The molecular formula is C19H21F6N3O5. The molecule has 1 atom stereocenters. The van der Waals surface area contributed by atoms with E-state index >= 15 is 0 Å². The zero-order valence-electron chi connectivity index (χ0n) is 17.2. The molecule has 0 aromatic carbocycles. The van der Waals surface area contributed by atoms with Gasteiger partial charge in [-0.1, -0.05) is 6.07 Å². The highest BCUT2D eigenvalue weighted by atomic mass is 19.4. The van der Waals surface area contributed by atoms with Crippen molar-refractivity contribution in [2.75, 3.05) is 13.6 Å². The van der Waals surface area contributed by atoms with E-state index in [1.165, 1.54) is 5.69 Å². The molecule has 184 valence electrons. The highest BCUT2D eigenvalue weighted by Gasteiger charge is 2.38. The zero-order valence-corrected chi connectivity index (χ0v) is 17.2. The summed E-state index contributed by atoms with van der Waals surface area (Å²) >= 11 is 0. The molecule has 14 heteroatoms. The quantitative estimate of drug-likeness (QED) is 0.644. The fourth-order valence-corrected chi connectivity index (χ4v) is 2.53. The van der Waals surface area contributed by atoms with E-state index in [4.69, 9.17) is 24.5 Å². The highest BCUT2D eigenvalue weighted by molar-refractivity contribution is 5.73. The summed E-state index contributed by atoms with van der Waals surface area (Å²) in [5.41, 5.74) is 2.34. The molecule has 3 heterocycles. The first kappa shape index (κ1) is 27.9. The average Bonchev–Trinajstić information content (AvgIpc) is 3.06. The number of aromatic nitrogens is 2. The molecule has 2 N–H and O–H groups in total. The van der Waals surface area contributed by atoms with Crippen LogP contribution in [0.5, 0.6) is 0 Å². The van der Waals surface area contributed by atoms with Crippen molar-refractivity contribution >= 4 is 11.9 Å². The minimum absolute atomic E-state index is 0.209. The summed E-state index contributed by atoms with van der Waals surface area (Å²) in [6.45, 7) is 3.43. The minimum Gasteiger partial charge on any atom is -0.475 e. The van der Waals surface area contributed by atoms with E-state index in [2.05, 4.69) is 39.8 Å². The summed E-state index contributed by atoms with van der Waals surface area (Å²) in [7, 11) is 2.14. The molecule has 8 nitrogen and oxygen atoms in total. The van der Waals surface area contributed by atoms with Crippen LogP contribution in [0.4, 0.5) is 26.3 Å². The van der Waals surface area contributed by atoms with Gasteiger partial charge in [0.1, 0.15) is 0 Å². The summed E-state index contributed by atoms with van der Waals surface area (Å²) in [4.78, 5) is 24.4. The molecule has 1 unspecified atom stereocenters. The predicted octanol–water partition coefficient (Wildman–Crippen LogP) is 3.18. The first-order chi connectivity index (χ1) is 15.2. The number of carboxylic acids is 2. The molecule has 0 radical (unpaired) electrons. The topological polar surface area (TPSA) is 105 Å². The van der Waals surface area contributed by atoms with E-state index in [0.717, 1.165) is 25.3 Å². The number of nitrogens with zero attached hydrogens (tertiary/aromatic N) is 3. The number of hydrogen-bond donors (Lipinski definition) is 2. The molecule has 0 saturated carbocycles. The van der Waals surface area contributed by atoms with Gasteiger partial charge in [0.25, 0.3) is 0 Å². The van der Waals surface area contributed by atoms with Gasteiger partial charge >= 0.3 is 24.3 Å². The molecule has 2 aromatic rings. The third-order valence-corrected chi connectivity index (χ3v) is 3.95. The van der Waals surface area contributed by atoms with E-state index in [1.807, 2.05) is 24.4 Å². The molecule has 0 aliphatic carbocycles. The Balaban J connectivity index is 0.000000324. The fraction of sp³-hybridized carbons (Fsp3) is 0.421. The summed E-state index contributed by atoms with van der Waals surface area (Å²) in [6.07, 6.45) is -6.02. The lowest BCUT2D eigenvalue weighted by molar-refractivity contribution is -0.193. The standard InChI is InChI=1S/C15H19N3O.2C2HF3O2/c1-17-9-14-6-4-8-18(14)11-15(10-17)19-12-13-5-2-3-7-16-13;2*3-2(4,5)1(6)7/h2-8,15H,9-12H2,1H3;2*(H,6,7). The van der Waals surface area contributed by atoms with Gasteiger partial charge in [-0.25, -0.2) is 9.59 Å². The Labute approximate surface area is 184 Å². The van der Waals surface area contributed by atoms with Crippen molar-refractivity contribution in [3.63, 3.8) is 0 Å². The number of halogens is 6. The van der Waals surface area contributed by atoms with E-state index in [9.17, 15) is 26.3 Å². The smallest absolute Gasteiger partial charge is 0.475 e. The predicted molar refractivity (Wildman–Crippen MR) is 101 cm³/mol. The Morgan fingerprint density at radius 3 is 2.09 bits per heavy atom. The molecule has 0 saturated heterocycles. The van der Waals surface area contributed by atoms with Crippen molar-refractivity contribution < 1.29 is 50.9 Å². The Morgan fingerprint density at radius 2 is 1.61 bits per heavy atom. The second-order valence-corrected chi connectivity index (χ2v) is 6.71. The summed E-state index contributed by atoms with van der Waals surface area (Å²) < 4.78 is 71.8. The van der Waals surface area contributed by atoms with Crippen molar-refractivity contribution in [2.24, 2.45) is 0 Å². The second kappa shape index (κ2) is 12.2. The molecule has 0 spiro atoms. The van der Waals surface area contributed by atoms with Gasteiger partial charge < -0.3 is 19.5 Å². The second-order valence-electron chi connectivity index (χ2n) is 6.71. The van der Waals surface area contributed by atoms with Crippen LogP contribution in [-0.2, 0) is 34.0 Å². The molecular weight excluding hydrogens is 464 g/mol. The minimum atomic E-state index is -5.08. The number of alkyl halides is 6. The number of aliphatic carboxylic acids is 2. The van der Waals surface area contributed by atoms with Crippen LogP contribution in [0.25, 0.3) is 0 Å². The number of hydrogen-bond acceptors (Lipinski definition) is 5. The Kier molecular flexibility index (Phi) is 10.3. The number of rotatable bonds is 3. The number of carboxylic acid groups (broad SMARTS) is 2. The van der Waals surface area contributed by atoms with E-state index in [1.54, 1.807) is 0 Å². The summed E-state index contributed by atoms with van der Waals surface area (Å²) in [6, 6.07) is 10.2. The van der Waals surface area contributed by atoms with Crippen LogP contribution in [0.2, 0.25) is 0 Å². The molecule has 1 aliphatic heterocycles. The van der Waals surface area contributed by atoms with Gasteiger partial charge in [-0.15, -0.1) is 0 Å². The summed E-state index contributed by atoms with van der Waals surface area (Å²) in [5.74, 6) is -5.51. The normalized spacial score (nSPS) is 16.3. The largest absolute Gasteiger partial charge is 0.490 e. The zero-order chi connectivity index (χ0) is 25.2. The van der Waals surface area contributed by atoms with Gasteiger partial charge in [0, 0.05) is 37.7 Å². The molecule has 3 rings (SSSR count). The van der Waals surface area contributed by atoms with E-state index in [0.29, 0.717) is 6.61 Å². The van der Waals surface area contributed by atoms with Gasteiger partial charge in [0.15, 0.2) is 0 Å². The van der Waals surface area contributed by atoms with Crippen LogP contribution in [0.3, 0.4) is 0 Å². The number of carbonyl (C=O) groups is 2. The first-order valence-electron chi connectivity index (χ1n) is 9.14. The van der Waals surface area contributed by atoms with Gasteiger partial charge in [-0.05, 0) is 31.3 Å². The molecule has 2 aromatic heterocycles. The van der Waals surface area contributed by atoms with Gasteiger partial charge in [-0.3, -0.25) is 9.88 Å². The number of likely N-dealkylation sites (N-methyl/N-ethyl adjacent to an activating group) is 1. The number of ether oxygens (including phenoxy) is 1. The Hall–Kier alpha value is -3.13. The van der Waals surface area contributed by atoms with Crippen molar-refractivity contribution in [1.82, 2.24) is 14.5 Å². The van der Waals surface area contributed by atoms with Crippen molar-refractivity contribution in [3.05, 3.63) is 54.1 Å².